The third-order valence-corrected chi connectivity index (χ3v) is 5.25. The second kappa shape index (κ2) is 9.60. The number of piperazine rings is 1. The summed E-state index contributed by atoms with van der Waals surface area (Å²) in [6, 6.07) is 7.13. The van der Waals surface area contributed by atoms with E-state index >= 15 is 0 Å². The molecule has 0 saturated carbocycles. The maximum atomic E-state index is 12.6. The van der Waals surface area contributed by atoms with E-state index in [1.165, 1.54) is 6.42 Å². The molecule has 0 bridgehead atoms. The van der Waals surface area contributed by atoms with Crippen LogP contribution in [0.25, 0.3) is 0 Å². The van der Waals surface area contributed by atoms with Gasteiger partial charge < -0.3 is 24.6 Å². The minimum absolute atomic E-state index is 0.0220. The van der Waals surface area contributed by atoms with E-state index in [9.17, 15) is 9.59 Å². The van der Waals surface area contributed by atoms with E-state index < -0.39 is 0 Å². The minimum atomic E-state index is -0.0415. The van der Waals surface area contributed by atoms with Crippen LogP contribution in [0.15, 0.2) is 24.3 Å². The number of urea groups is 1. The van der Waals surface area contributed by atoms with Crippen LogP contribution in [0, 0.1) is 5.92 Å². The molecule has 3 amide bonds. The molecule has 0 aliphatic carbocycles. The van der Waals surface area contributed by atoms with Crippen molar-refractivity contribution in [1.82, 2.24) is 15.1 Å². The monoisotopic (exact) mass is 375 g/mol. The van der Waals surface area contributed by atoms with Crippen molar-refractivity contribution >= 4 is 11.9 Å². The fourth-order valence-electron chi connectivity index (χ4n) is 3.58. The molecular formula is C20H29N3O4. The van der Waals surface area contributed by atoms with Crippen molar-refractivity contribution in [2.45, 2.75) is 19.3 Å². The molecule has 0 spiro atoms. The van der Waals surface area contributed by atoms with Crippen molar-refractivity contribution in [3.63, 3.8) is 0 Å². The third kappa shape index (κ3) is 5.35. The lowest BCUT2D eigenvalue weighted by molar-refractivity contribution is 0.0516. The van der Waals surface area contributed by atoms with Crippen molar-refractivity contribution in [1.29, 1.82) is 0 Å². The SMILES string of the molecule is COc1cccc(C(=O)N2CCN(C(=O)NCCC3CCCOC3)CC2)c1. The smallest absolute Gasteiger partial charge is 0.317 e. The maximum absolute atomic E-state index is 12.6. The van der Waals surface area contributed by atoms with E-state index in [2.05, 4.69) is 5.32 Å². The first-order chi connectivity index (χ1) is 13.2. The fraction of sp³-hybridized carbons (Fsp3) is 0.600. The van der Waals surface area contributed by atoms with Gasteiger partial charge in [0.25, 0.3) is 5.91 Å². The molecule has 1 aromatic rings. The van der Waals surface area contributed by atoms with E-state index in [0.717, 1.165) is 26.1 Å². The normalized spacial score (nSPS) is 20.3. The van der Waals surface area contributed by atoms with Crippen LogP contribution in [-0.4, -0.2) is 74.8 Å². The van der Waals surface area contributed by atoms with Crippen LogP contribution >= 0.6 is 0 Å². The van der Waals surface area contributed by atoms with Gasteiger partial charge in [0.2, 0.25) is 0 Å². The van der Waals surface area contributed by atoms with Gasteiger partial charge in [0.1, 0.15) is 5.75 Å². The summed E-state index contributed by atoms with van der Waals surface area (Å²) >= 11 is 0. The minimum Gasteiger partial charge on any atom is -0.497 e. The highest BCUT2D eigenvalue weighted by Crippen LogP contribution is 2.17. The Morgan fingerprint density at radius 2 is 2.00 bits per heavy atom. The van der Waals surface area contributed by atoms with Crippen LogP contribution in [0.2, 0.25) is 0 Å². The molecule has 1 N–H and O–H groups in total. The summed E-state index contributed by atoms with van der Waals surface area (Å²) in [5, 5.41) is 3.00. The number of methoxy groups -OCH3 is 1. The van der Waals surface area contributed by atoms with Crippen molar-refractivity contribution in [2.24, 2.45) is 5.92 Å². The number of rotatable bonds is 5. The van der Waals surface area contributed by atoms with E-state index in [1.54, 1.807) is 29.0 Å². The van der Waals surface area contributed by atoms with Crippen LogP contribution < -0.4 is 10.1 Å². The summed E-state index contributed by atoms with van der Waals surface area (Å²) in [5.41, 5.74) is 0.613. The van der Waals surface area contributed by atoms with Gasteiger partial charge in [-0.25, -0.2) is 4.79 Å². The van der Waals surface area contributed by atoms with Crippen LogP contribution in [0.5, 0.6) is 5.75 Å². The quantitative estimate of drug-likeness (QED) is 0.854. The van der Waals surface area contributed by atoms with Crippen molar-refractivity contribution in [3.8, 4) is 5.75 Å². The van der Waals surface area contributed by atoms with Gasteiger partial charge in [-0.1, -0.05) is 6.07 Å². The predicted octanol–water partition coefficient (Wildman–Crippen LogP) is 1.98. The Kier molecular flexibility index (Phi) is 6.92. The van der Waals surface area contributed by atoms with Gasteiger partial charge in [0, 0.05) is 51.5 Å². The molecule has 27 heavy (non-hydrogen) atoms. The Balaban J connectivity index is 1.41. The standard InChI is InChI=1S/C20H29N3O4/c1-26-18-6-2-5-17(14-18)19(24)22-9-11-23(12-10-22)20(25)21-8-7-16-4-3-13-27-15-16/h2,5-6,14,16H,3-4,7-13,15H2,1H3,(H,21,25). The summed E-state index contributed by atoms with van der Waals surface area (Å²) in [7, 11) is 1.59. The average molecular weight is 375 g/mol. The molecule has 7 nitrogen and oxygen atoms in total. The molecule has 1 unspecified atom stereocenters. The summed E-state index contributed by atoms with van der Waals surface area (Å²) in [5.74, 6) is 1.20. The zero-order chi connectivity index (χ0) is 19.1. The Bertz CT molecular complexity index is 638. The largest absolute Gasteiger partial charge is 0.497 e. The number of benzene rings is 1. The van der Waals surface area contributed by atoms with Crippen LogP contribution in [-0.2, 0) is 4.74 Å². The molecule has 3 rings (SSSR count). The molecule has 0 aromatic heterocycles. The van der Waals surface area contributed by atoms with Crippen LogP contribution in [0.3, 0.4) is 0 Å². The molecule has 0 radical (unpaired) electrons. The summed E-state index contributed by atoms with van der Waals surface area (Å²) in [6.07, 6.45) is 3.25. The number of nitrogens with zero attached hydrogens (tertiary/aromatic N) is 2. The van der Waals surface area contributed by atoms with Crippen molar-refractivity contribution in [2.75, 3.05) is 53.0 Å². The molecule has 1 atom stereocenters. The third-order valence-electron chi connectivity index (χ3n) is 5.25. The van der Waals surface area contributed by atoms with Crippen LogP contribution in [0.4, 0.5) is 4.79 Å². The second-order valence-electron chi connectivity index (χ2n) is 7.11. The molecular weight excluding hydrogens is 346 g/mol. The highest BCUT2D eigenvalue weighted by Gasteiger charge is 2.25. The number of hydrogen-bond donors (Lipinski definition) is 1. The second-order valence-corrected chi connectivity index (χ2v) is 7.11. The number of carbonyl (C=O) groups excluding carboxylic acids is 2. The first-order valence-electron chi connectivity index (χ1n) is 9.71. The number of nitrogens with one attached hydrogen (secondary N) is 1. The molecule has 2 aliphatic heterocycles. The Hall–Kier alpha value is -2.28. The molecule has 1 aromatic carbocycles. The van der Waals surface area contributed by atoms with E-state index in [4.69, 9.17) is 9.47 Å². The molecule has 2 heterocycles. The highest BCUT2D eigenvalue weighted by atomic mass is 16.5. The lowest BCUT2D eigenvalue weighted by Gasteiger charge is -2.35. The van der Waals surface area contributed by atoms with E-state index in [-0.39, 0.29) is 11.9 Å². The summed E-state index contributed by atoms with van der Waals surface area (Å²) in [4.78, 5) is 28.5. The number of amides is 3. The molecule has 2 fully saturated rings. The Labute approximate surface area is 160 Å². The van der Waals surface area contributed by atoms with Gasteiger partial charge in [0.15, 0.2) is 0 Å². The zero-order valence-electron chi connectivity index (χ0n) is 16.0. The molecule has 2 saturated heterocycles. The zero-order valence-corrected chi connectivity index (χ0v) is 16.0. The van der Waals surface area contributed by atoms with Gasteiger partial charge in [-0.15, -0.1) is 0 Å². The predicted molar refractivity (Wildman–Crippen MR) is 102 cm³/mol. The molecule has 148 valence electrons. The Morgan fingerprint density at radius 1 is 1.22 bits per heavy atom. The fourth-order valence-corrected chi connectivity index (χ4v) is 3.58. The molecule has 2 aliphatic rings. The van der Waals surface area contributed by atoms with Gasteiger partial charge in [0.05, 0.1) is 7.11 Å². The van der Waals surface area contributed by atoms with Gasteiger partial charge in [-0.3, -0.25) is 4.79 Å². The first kappa shape index (κ1) is 19.5. The molecule has 7 heteroatoms. The summed E-state index contributed by atoms with van der Waals surface area (Å²) < 4.78 is 10.7. The van der Waals surface area contributed by atoms with Gasteiger partial charge >= 0.3 is 6.03 Å². The topological polar surface area (TPSA) is 71.1 Å². The maximum Gasteiger partial charge on any atom is 0.317 e. The van der Waals surface area contributed by atoms with E-state index in [1.807, 2.05) is 12.1 Å². The van der Waals surface area contributed by atoms with Crippen molar-refractivity contribution in [3.05, 3.63) is 29.8 Å². The lowest BCUT2D eigenvalue weighted by Crippen LogP contribution is -2.53. The van der Waals surface area contributed by atoms with Crippen LogP contribution in [0.1, 0.15) is 29.6 Å². The lowest BCUT2D eigenvalue weighted by atomic mass is 9.99. The first-order valence-corrected chi connectivity index (χ1v) is 9.71. The number of carbonyl (C=O) groups is 2. The van der Waals surface area contributed by atoms with E-state index in [0.29, 0.717) is 50.0 Å². The Morgan fingerprint density at radius 3 is 2.70 bits per heavy atom. The average Bonchev–Trinajstić information content (AvgIpc) is 2.74. The highest BCUT2D eigenvalue weighted by molar-refractivity contribution is 5.94. The van der Waals surface area contributed by atoms with Gasteiger partial charge in [-0.05, 0) is 43.4 Å². The van der Waals surface area contributed by atoms with Crippen molar-refractivity contribution < 1.29 is 19.1 Å². The number of ether oxygens (including phenoxy) is 2. The summed E-state index contributed by atoms with van der Waals surface area (Å²) in [6.45, 7) is 4.53. The number of hydrogen-bond acceptors (Lipinski definition) is 4. The van der Waals surface area contributed by atoms with Gasteiger partial charge in [-0.2, -0.15) is 0 Å².